The molecule has 1 aliphatic heterocycles. The maximum Gasteiger partial charge on any atom is 0.246 e. The molecule has 7 heteroatoms. The van der Waals surface area contributed by atoms with E-state index < -0.39 is 23.5 Å². The van der Waals surface area contributed by atoms with E-state index in [4.69, 9.17) is 0 Å². The van der Waals surface area contributed by atoms with Gasteiger partial charge in [0.1, 0.15) is 12.1 Å². The maximum atomic E-state index is 13.7. The molecule has 3 amide bonds. The van der Waals surface area contributed by atoms with Gasteiger partial charge in [0.15, 0.2) is 0 Å². The molecule has 7 nitrogen and oxygen atoms in total. The van der Waals surface area contributed by atoms with Gasteiger partial charge in [0.05, 0.1) is 12.1 Å². The van der Waals surface area contributed by atoms with Crippen molar-refractivity contribution in [2.75, 3.05) is 13.1 Å². The van der Waals surface area contributed by atoms with Crippen LogP contribution in [0.1, 0.15) is 84.4 Å². The van der Waals surface area contributed by atoms with Gasteiger partial charge >= 0.3 is 0 Å². The zero-order chi connectivity index (χ0) is 25.8. The zero-order valence-corrected chi connectivity index (χ0v) is 22.3. The van der Waals surface area contributed by atoms with Gasteiger partial charge in [0.2, 0.25) is 17.7 Å². The first kappa shape index (κ1) is 27.2. The van der Waals surface area contributed by atoms with Crippen LogP contribution in [0.5, 0.6) is 0 Å². The Balaban J connectivity index is 1.70. The number of likely N-dealkylation sites (tertiary alicyclic amines) is 1. The van der Waals surface area contributed by atoms with Crippen molar-refractivity contribution < 1.29 is 14.4 Å². The molecule has 0 saturated carbocycles. The molecule has 1 saturated heterocycles. The number of aryl methyl sites for hydroxylation is 1. The lowest BCUT2D eigenvalue weighted by atomic mass is 9.85. The molecular formula is C28H44N4O3. The molecule has 1 fully saturated rings. The topological polar surface area (TPSA) is 90.5 Å². The van der Waals surface area contributed by atoms with Crippen LogP contribution in [0.4, 0.5) is 0 Å². The number of fused-ring (bicyclic) bond motifs is 1. The second-order valence-electron chi connectivity index (χ2n) is 11.7. The minimum absolute atomic E-state index is 0.0176. The highest BCUT2D eigenvalue weighted by Crippen LogP contribution is 2.31. The standard InChI is InChI=1S/C28H44N4O3/c1-18(2)17-29-19(3)25(33)31-24(28(4,5)6)27(35)32-16-10-15-23(32)26(34)30-22-14-9-12-20-11-7-8-13-21(20)22/h7-8,11,13,18-19,22-24,29H,9-10,12,14-17H2,1-6H3,(H,30,34)(H,31,33). The van der Waals surface area contributed by atoms with Crippen molar-refractivity contribution in [2.45, 2.75) is 97.8 Å². The van der Waals surface area contributed by atoms with E-state index in [9.17, 15) is 14.4 Å². The van der Waals surface area contributed by atoms with E-state index in [1.807, 2.05) is 39.8 Å². The number of carbonyl (C=O) groups is 3. The largest absolute Gasteiger partial charge is 0.347 e. The Morgan fingerprint density at radius 1 is 1.06 bits per heavy atom. The summed E-state index contributed by atoms with van der Waals surface area (Å²) in [6.45, 7) is 13.1. The number of hydrogen-bond donors (Lipinski definition) is 3. The van der Waals surface area contributed by atoms with Crippen LogP contribution in [0.15, 0.2) is 24.3 Å². The molecule has 0 spiro atoms. The summed E-state index contributed by atoms with van der Waals surface area (Å²) in [5.74, 6) is -0.0460. The van der Waals surface area contributed by atoms with Gasteiger partial charge in [-0.1, -0.05) is 58.9 Å². The highest BCUT2D eigenvalue weighted by molar-refractivity contribution is 5.94. The first-order chi connectivity index (χ1) is 16.5. The quantitative estimate of drug-likeness (QED) is 0.528. The van der Waals surface area contributed by atoms with E-state index in [0.717, 1.165) is 32.2 Å². The lowest BCUT2D eigenvalue weighted by Crippen LogP contribution is -2.59. The molecule has 35 heavy (non-hydrogen) atoms. The minimum Gasteiger partial charge on any atom is -0.347 e. The molecule has 0 aromatic heterocycles. The zero-order valence-electron chi connectivity index (χ0n) is 22.3. The fraction of sp³-hybridized carbons (Fsp3) is 0.679. The fourth-order valence-corrected chi connectivity index (χ4v) is 5.06. The minimum atomic E-state index is -0.706. The van der Waals surface area contributed by atoms with Crippen LogP contribution < -0.4 is 16.0 Å². The number of nitrogens with zero attached hydrogens (tertiary/aromatic N) is 1. The summed E-state index contributed by atoms with van der Waals surface area (Å²) in [5.41, 5.74) is 1.99. The summed E-state index contributed by atoms with van der Waals surface area (Å²) in [7, 11) is 0. The van der Waals surface area contributed by atoms with Gasteiger partial charge in [-0.25, -0.2) is 0 Å². The molecule has 3 rings (SSSR count). The van der Waals surface area contributed by atoms with E-state index in [0.29, 0.717) is 18.9 Å². The molecule has 0 radical (unpaired) electrons. The van der Waals surface area contributed by atoms with E-state index in [1.165, 1.54) is 11.1 Å². The van der Waals surface area contributed by atoms with Gasteiger partial charge in [-0.15, -0.1) is 0 Å². The van der Waals surface area contributed by atoms with Crippen molar-refractivity contribution in [3.8, 4) is 0 Å². The van der Waals surface area contributed by atoms with E-state index >= 15 is 0 Å². The SMILES string of the molecule is CC(C)CNC(C)C(=O)NC(C(=O)N1CCCC1C(=O)NC1CCCc2ccccc21)C(C)(C)C. The molecule has 0 bridgehead atoms. The number of nitrogens with one attached hydrogen (secondary N) is 3. The molecular weight excluding hydrogens is 440 g/mol. The monoisotopic (exact) mass is 484 g/mol. The predicted octanol–water partition coefficient (Wildman–Crippen LogP) is 3.34. The Morgan fingerprint density at radius 2 is 1.77 bits per heavy atom. The lowest BCUT2D eigenvalue weighted by Gasteiger charge is -2.36. The molecule has 1 aliphatic carbocycles. The van der Waals surface area contributed by atoms with Crippen molar-refractivity contribution in [3.05, 3.63) is 35.4 Å². The van der Waals surface area contributed by atoms with Crippen molar-refractivity contribution in [2.24, 2.45) is 11.3 Å². The lowest BCUT2D eigenvalue weighted by molar-refractivity contribution is -0.144. The molecule has 1 aromatic carbocycles. The predicted molar refractivity (Wildman–Crippen MR) is 139 cm³/mol. The molecule has 1 heterocycles. The van der Waals surface area contributed by atoms with Crippen LogP contribution in [0.3, 0.4) is 0 Å². The van der Waals surface area contributed by atoms with Crippen LogP contribution >= 0.6 is 0 Å². The smallest absolute Gasteiger partial charge is 0.246 e. The summed E-state index contributed by atoms with van der Waals surface area (Å²) >= 11 is 0. The molecule has 1 aromatic rings. The van der Waals surface area contributed by atoms with E-state index in [-0.39, 0.29) is 23.8 Å². The third kappa shape index (κ3) is 6.84. The van der Waals surface area contributed by atoms with Gasteiger partial charge in [-0.05, 0) is 68.0 Å². The second kappa shape index (κ2) is 11.5. The number of benzene rings is 1. The van der Waals surface area contributed by atoms with E-state index in [1.54, 1.807) is 4.90 Å². The Kier molecular flexibility index (Phi) is 8.97. The maximum absolute atomic E-state index is 13.7. The number of rotatable bonds is 8. The average molecular weight is 485 g/mol. The van der Waals surface area contributed by atoms with Crippen molar-refractivity contribution in [1.29, 1.82) is 0 Å². The van der Waals surface area contributed by atoms with Crippen LogP contribution in [-0.2, 0) is 20.8 Å². The van der Waals surface area contributed by atoms with Crippen molar-refractivity contribution >= 4 is 17.7 Å². The Bertz CT molecular complexity index is 908. The molecule has 2 aliphatic rings. The van der Waals surface area contributed by atoms with Crippen molar-refractivity contribution in [3.63, 3.8) is 0 Å². The third-order valence-electron chi connectivity index (χ3n) is 7.15. The Morgan fingerprint density at radius 3 is 2.46 bits per heavy atom. The third-order valence-corrected chi connectivity index (χ3v) is 7.15. The Hall–Kier alpha value is -2.41. The van der Waals surface area contributed by atoms with Gasteiger partial charge in [-0.2, -0.15) is 0 Å². The van der Waals surface area contributed by atoms with Gasteiger partial charge < -0.3 is 20.9 Å². The first-order valence-corrected chi connectivity index (χ1v) is 13.2. The number of carbonyl (C=O) groups excluding carboxylic acids is 3. The van der Waals surface area contributed by atoms with Crippen LogP contribution in [0.2, 0.25) is 0 Å². The highest BCUT2D eigenvalue weighted by atomic mass is 16.2. The first-order valence-electron chi connectivity index (χ1n) is 13.2. The number of hydrogen-bond acceptors (Lipinski definition) is 4. The molecule has 4 unspecified atom stereocenters. The average Bonchev–Trinajstić information content (AvgIpc) is 3.30. The van der Waals surface area contributed by atoms with E-state index in [2.05, 4.69) is 41.9 Å². The number of amides is 3. The fourth-order valence-electron chi connectivity index (χ4n) is 5.06. The summed E-state index contributed by atoms with van der Waals surface area (Å²) in [6, 6.07) is 6.65. The van der Waals surface area contributed by atoms with Crippen LogP contribution in [0, 0.1) is 11.3 Å². The normalized spacial score (nSPS) is 21.9. The van der Waals surface area contributed by atoms with Crippen LogP contribution in [0.25, 0.3) is 0 Å². The summed E-state index contributed by atoms with van der Waals surface area (Å²) in [4.78, 5) is 41.7. The molecule has 3 N–H and O–H groups in total. The molecule has 194 valence electrons. The summed E-state index contributed by atoms with van der Waals surface area (Å²) in [6.07, 6.45) is 4.40. The van der Waals surface area contributed by atoms with Gasteiger partial charge in [0.25, 0.3) is 0 Å². The van der Waals surface area contributed by atoms with Gasteiger partial charge in [0, 0.05) is 6.54 Å². The second-order valence-corrected chi connectivity index (χ2v) is 11.7. The summed E-state index contributed by atoms with van der Waals surface area (Å²) in [5, 5.41) is 9.45. The Labute approximate surface area is 210 Å². The van der Waals surface area contributed by atoms with Crippen molar-refractivity contribution in [1.82, 2.24) is 20.9 Å². The highest BCUT2D eigenvalue weighted by Gasteiger charge is 2.42. The van der Waals surface area contributed by atoms with Crippen LogP contribution in [-0.4, -0.2) is 53.8 Å². The van der Waals surface area contributed by atoms with Gasteiger partial charge in [-0.3, -0.25) is 14.4 Å². The molecule has 4 atom stereocenters. The summed E-state index contributed by atoms with van der Waals surface area (Å²) < 4.78 is 0.